The molecule has 0 saturated carbocycles. The van der Waals surface area contributed by atoms with Crippen molar-refractivity contribution in [2.24, 2.45) is 7.05 Å². The van der Waals surface area contributed by atoms with Gasteiger partial charge in [-0.1, -0.05) is 121 Å². The largest absolute Gasteiger partial charge is 1.00 e. The van der Waals surface area contributed by atoms with Crippen molar-refractivity contribution in [2.75, 3.05) is 0 Å². The minimum absolute atomic E-state index is 0. The quantitative estimate of drug-likeness (QED) is 0.0815. The van der Waals surface area contributed by atoms with Crippen molar-refractivity contribution in [1.29, 1.82) is 0 Å². The number of hydrogen-bond acceptors (Lipinski definition) is 0. The van der Waals surface area contributed by atoms with Gasteiger partial charge in [0, 0.05) is 80.2 Å². The Hall–Kier alpha value is -4.82. The van der Waals surface area contributed by atoms with Gasteiger partial charge in [-0.05, 0) is 85.7 Å². The van der Waals surface area contributed by atoms with Gasteiger partial charge in [0.2, 0.25) is 0 Å². The molecule has 0 N–H and O–H groups in total. The van der Waals surface area contributed by atoms with Gasteiger partial charge < -0.3 is 9.13 Å². The van der Waals surface area contributed by atoms with Gasteiger partial charge in [-0.3, -0.25) is 6.58 Å². The molecule has 0 amide bonds. The fraction of sp³-hybridized carbons (Fsp3) is 0.0877. The van der Waals surface area contributed by atoms with E-state index >= 15 is 0 Å². The third-order valence-electron chi connectivity index (χ3n) is 12.3. The fourth-order valence-corrected chi connectivity index (χ4v) is 16.0. The maximum Gasteiger partial charge on any atom is 1.00 e. The number of nitrogens with zero attached hydrogens (tertiary/aromatic N) is 2. The molecule has 2 aromatic heterocycles. The van der Waals surface area contributed by atoms with E-state index in [9.17, 15) is 0 Å². The molecule has 317 valence electrons. The number of fused-ring (bicyclic) bond motifs is 6. The summed E-state index contributed by atoms with van der Waals surface area (Å²) in [5.41, 5.74) is 7.79. The Kier molecular flexibility index (Phi) is 14.5. The zero-order valence-corrected chi connectivity index (χ0v) is 41.4. The third-order valence-corrected chi connectivity index (χ3v) is 18.5. The van der Waals surface area contributed by atoms with E-state index < -0.39 is 15.8 Å². The van der Waals surface area contributed by atoms with E-state index in [1.165, 1.54) is 70.5 Å². The van der Waals surface area contributed by atoms with E-state index in [1.54, 1.807) is 11.4 Å². The third kappa shape index (κ3) is 8.86. The van der Waals surface area contributed by atoms with Crippen LogP contribution in [0.25, 0.3) is 55.4 Å². The van der Waals surface area contributed by atoms with Crippen LogP contribution in [0.4, 0.5) is 0 Å². The number of allylic oxidation sites excluding steroid dienone is 8. The summed E-state index contributed by atoms with van der Waals surface area (Å²) in [6.07, 6.45) is 21.7. The first-order valence-corrected chi connectivity index (χ1v) is 24.5. The van der Waals surface area contributed by atoms with Crippen LogP contribution in [0, 0.1) is 6.58 Å². The predicted octanol–water partition coefficient (Wildman–Crippen LogP) is 13.0. The van der Waals surface area contributed by atoms with Gasteiger partial charge in [0.05, 0.1) is 35.2 Å². The monoisotopic (exact) mass is 1220 g/mol. The standard InChI is InChI=1S/C42H35NP2.C15H12N.2Au/c1-6-18-32(19-7-1)43-39-29-17-16-28-37(39)38-30-41(44(33-20-8-2-9-21-33)34-22-10-3-11-23-34)42(31-40(38)43)45(35-24-12-4-13-25-35)36-26-14-5-15-27-36;1-3-11-8-9-13-12-6-4-5-7-14(12)16(2)15(13)10-11;;/h1-4,6-14,16-22,24-31,34H,5,15,23H2;1,3-10H,2H3;;/q;-1;;+1/p+2. The van der Waals surface area contributed by atoms with Crippen LogP contribution in [-0.4, -0.2) is 14.8 Å². The van der Waals surface area contributed by atoms with Gasteiger partial charge in [0.25, 0.3) is 0 Å². The second-order valence-electron chi connectivity index (χ2n) is 15.9. The summed E-state index contributed by atoms with van der Waals surface area (Å²) in [7, 11) is -0.418. The van der Waals surface area contributed by atoms with Gasteiger partial charge in [0.1, 0.15) is 23.8 Å². The number of hydrogen-bond donors (Lipinski definition) is 0. The molecule has 0 bridgehead atoms. The molecule has 0 spiro atoms. The van der Waals surface area contributed by atoms with E-state index in [4.69, 9.17) is 6.58 Å². The molecule has 3 atom stereocenters. The Bertz CT molecular complexity index is 3160. The number of aromatic nitrogens is 2. The molecule has 0 saturated heterocycles. The van der Waals surface area contributed by atoms with Crippen molar-refractivity contribution < 1.29 is 44.8 Å². The van der Waals surface area contributed by atoms with Gasteiger partial charge in [-0.25, -0.2) is 6.08 Å². The first-order chi connectivity index (χ1) is 30.2. The first kappa shape index (κ1) is 44.8. The van der Waals surface area contributed by atoms with Crippen LogP contribution in [0.2, 0.25) is 0 Å². The van der Waals surface area contributed by atoms with Crippen molar-refractivity contribution >= 4 is 86.7 Å². The number of rotatable bonds is 8. The van der Waals surface area contributed by atoms with Crippen molar-refractivity contribution in [2.45, 2.75) is 24.9 Å². The predicted molar refractivity (Wildman–Crippen MR) is 271 cm³/mol. The fourth-order valence-electron chi connectivity index (χ4n) is 9.44. The molecule has 2 heterocycles. The molecule has 1 radical (unpaired) electrons. The molecule has 11 rings (SSSR count). The van der Waals surface area contributed by atoms with Crippen molar-refractivity contribution in [3.63, 3.8) is 0 Å². The molecular weight excluding hydrogens is 1170 g/mol. The van der Waals surface area contributed by atoms with Crippen LogP contribution in [0.5, 0.6) is 0 Å². The molecule has 7 aromatic carbocycles. The molecule has 3 unspecified atom stereocenters. The molecular formula is C57H49Au2N2P2+2. The summed E-state index contributed by atoms with van der Waals surface area (Å²) in [5, 5.41) is 12.8. The smallest absolute Gasteiger partial charge is 0.345 e. The van der Waals surface area contributed by atoms with Crippen molar-refractivity contribution in [3.8, 4) is 5.69 Å². The van der Waals surface area contributed by atoms with Crippen molar-refractivity contribution in [3.05, 3.63) is 230 Å². The average molecular weight is 1220 g/mol. The summed E-state index contributed by atoms with van der Waals surface area (Å²) < 4.78 is 4.70. The summed E-state index contributed by atoms with van der Waals surface area (Å²) >= 11 is 0. The van der Waals surface area contributed by atoms with Crippen LogP contribution in [0.1, 0.15) is 24.8 Å². The summed E-state index contributed by atoms with van der Waals surface area (Å²) in [6.45, 7) is 5.55. The second-order valence-corrected chi connectivity index (χ2v) is 21.1. The number of para-hydroxylation sites is 3. The maximum atomic E-state index is 5.55. The van der Waals surface area contributed by atoms with Crippen LogP contribution < -0.4 is 21.2 Å². The van der Waals surface area contributed by atoms with E-state index in [1.807, 2.05) is 0 Å². The molecule has 63 heavy (non-hydrogen) atoms. The van der Waals surface area contributed by atoms with Crippen LogP contribution in [0.3, 0.4) is 0 Å². The Morgan fingerprint density at radius 2 is 1.21 bits per heavy atom. The van der Waals surface area contributed by atoms with E-state index in [0.717, 1.165) is 24.8 Å². The molecule has 2 aliphatic carbocycles. The number of benzene rings is 7. The maximum absolute atomic E-state index is 5.55. The SMILES string of the molecule is C1=CCC([PH+](c2ccccc2)c2cc3c4ccccc4n(-c4ccccc4)c3cc2[PH+](C2=CCCC=C2)c2ccccc2)C=C1.[Au+].[Au].[CH-]=Cc1ccc2c3ccccc3n(C)c2c1. The molecule has 0 aliphatic heterocycles. The zero-order chi connectivity index (χ0) is 41.1. The Morgan fingerprint density at radius 3 is 1.87 bits per heavy atom. The van der Waals surface area contributed by atoms with Crippen LogP contribution in [0.15, 0.2) is 218 Å². The zero-order valence-electron chi connectivity index (χ0n) is 35.1. The Labute approximate surface area is 405 Å². The van der Waals surface area contributed by atoms with E-state index in [-0.39, 0.29) is 44.8 Å². The van der Waals surface area contributed by atoms with Gasteiger partial charge in [0.15, 0.2) is 0 Å². The minimum atomic E-state index is -1.30. The second kappa shape index (κ2) is 20.3. The topological polar surface area (TPSA) is 9.86 Å². The van der Waals surface area contributed by atoms with Crippen molar-refractivity contribution in [1.82, 2.24) is 9.13 Å². The Morgan fingerprint density at radius 1 is 0.571 bits per heavy atom. The molecule has 2 aliphatic rings. The average Bonchev–Trinajstić information content (AvgIpc) is 3.81. The molecule has 6 heteroatoms. The Balaban J connectivity index is 0.000000254. The van der Waals surface area contributed by atoms with Crippen LogP contribution in [-0.2, 0) is 51.8 Å². The first-order valence-electron chi connectivity index (χ1n) is 21.4. The van der Waals surface area contributed by atoms with Crippen LogP contribution >= 0.6 is 15.8 Å². The minimum Gasteiger partial charge on any atom is -0.345 e. The molecule has 9 aromatic rings. The van der Waals surface area contributed by atoms with Gasteiger partial charge >= 0.3 is 22.4 Å². The normalized spacial score (nSPS) is 15.3. The summed E-state index contributed by atoms with van der Waals surface area (Å²) in [4.78, 5) is 0. The summed E-state index contributed by atoms with van der Waals surface area (Å²) in [6, 6.07) is 62.6. The summed E-state index contributed by atoms with van der Waals surface area (Å²) in [5.74, 6) is 0. The molecule has 2 nitrogen and oxygen atoms in total. The van der Waals surface area contributed by atoms with E-state index in [0.29, 0.717) is 5.66 Å². The van der Waals surface area contributed by atoms with E-state index in [2.05, 4.69) is 229 Å². The molecule has 0 fully saturated rings. The number of aryl methyl sites for hydroxylation is 1. The van der Waals surface area contributed by atoms with Gasteiger partial charge in [-0.2, -0.15) is 5.56 Å². The van der Waals surface area contributed by atoms with Gasteiger partial charge in [-0.15, -0.1) is 12.1 Å².